The first kappa shape index (κ1) is 15.0. The Balaban J connectivity index is 2.47. The standard InChI is InChI=1S/C15H27N3/c1-4-5-6-9-12-18(14-13-17(2)3)15-10-7-8-11-16-15/h7-8,10-11H,4-6,9,12-14H2,1-3H3. The number of rotatable bonds is 9. The van der Waals surface area contributed by atoms with E-state index in [1.54, 1.807) is 0 Å². The minimum atomic E-state index is 1.05. The summed E-state index contributed by atoms with van der Waals surface area (Å²) in [7, 11) is 4.24. The molecule has 1 rings (SSSR count). The molecule has 1 heterocycles. The maximum Gasteiger partial charge on any atom is 0.128 e. The van der Waals surface area contributed by atoms with Crippen LogP contribution < -0.4 is 4.90 Å². The van der Waals surface area contributed by atoms with Gasteiger partial charge in [0.25, 0.3) is 0 Å². The van der Waals surface area contributed by atoms with Crippen molar-refractivity contribution < 1.29 is 0 Å². The lowest BCUT2D eigenvalue weighted by Crippen LogP contribution is -2.33. The van der Waals surface area contributed by atoms with Crippen LogP contribution in [0.5, 0.6) is 0 Å². The first-order valence-electron chi connectivity index (χ1n) is 7.04. The molecule has 0 N–H and O–H groups in total. The fraction of sp³-hybridized carbons (Fsp3) is 0.667. The Morgan fingerprint density at radius 1 is 1.00 bits per heavy atom. The molecule has 0 aliphatic rings. The second kappa shape index (κ2) is 8.92. The summed E-state index contributed by atoms with van der Waals surface area (Å²) in [5.74, 6) is 1.11. The maximum absolute atomic E-state index is 4.46. The Labute approximate surface area is 112 Å². The molecule has 0 fully saturated rings. The van der Waals surface area contributed by atoms with Crippen molar-refractivity contribution in [3.63, 3.8) is 0 Å². The average Bonchev–Trinajstić information content (AvgIpc) is 2.38. The Morgan fingerprint density at radius 2 is 1.83 bits per heavy atom. The molecule has 102 valence electrons. The van der Waals surface area contributed by atoms with Gasteiger partial charge < -0.3 is 9.80 Å². The smallest absolute Gasteiger partial charge is 0.128 e. The summed E-state index contributed by atoms with van der Waals surface area (Å²) in [6.45, 7) is 5.49. The zero-order valence-corrected chi connectivity index (χ0v) is 12.1. The third-order valence-corrected chi connectivity index (χ3v) is 3.07. The van der Waals surface area contributed by atoms with Crippen LogP contribution in [-0.2, 0) is 0 Å². The maximum atomic E-state index is 4.46. The Morgan fingerprint density at radius 3 is 2.44 bits per heavy atom. The quantitative estimate of drug-likeness (QED) is 0.627. The Kier molecular flexibility index (Phi) is 7.42. The first-order chi connectivity index (χ1) is 8.74. The largest absolute Gasteiger partial charge is 0.355 e. The molecular formula is C15H27N3. The van der Waals surface area contributed by atoms with Crippen molar-refractivity contribution >= 4 is 5.82 Å². The van der Waals surface area contributed by atoms with Crippen LogP contribution in [0.1, 0.15) is 32.6 Å². The number of unbranched alkanes of at least 4 members (excludes halogenated alkanes) is 3. The van der Waals surface area contributed by atoms with Crippen molar-refractivity contribution in [2.75, 3.05) is 38.6 Å². The molecule has 3 nitrogen and oxygen atoms in total. The molecule has 1 aromatic heterocycles. The highest BCUT2D eigenvalue weighted by molar-refractivity contribution is 5.37. The summed E-state index contributed by atoms with van der Waals surface area (Å²) >= 11 is 0. The normalized spacial score (nSPS) is 10.9. The van der Waals surface area contributed by atoms with Gasteiger partial charge >= 0.3 is 0 Å². The van der Waals surface area contributed by atoms with Crippen molar-refractivity contribution in [2.24, 2.45) is 0 Å². The van der Waals surface area contributed by atoms with Crippen LogP contribution >= 0.6 is 0 Å². The van der Waals surface area contributed by atoms with Gasteiger partial charge in [0.1, 0.15) is 5.82 Å². The van der Waals surface area contributed by atoms with Crippen LogP contribution in [0.25, 0.3) is 0 Å². The average molecular weight is 249 g/mol. The lowest BCUT2D eigenvalue weighted by atomic mass is 10.2. The van der Waals surface area contributed by atoms with Crippen molar-refractivity contribution in [2.45, 2.75) is 32.6 Å². The van der Waals surface area contributed by atoms with E-state index in [1.165, 1.54) is 25.7 Å². The predicted octanol–water partition coefficient (Wildman–Crippen LogP) is 3.03. The molecule has 0 spiro atoms. The minimum absolute atomic E-state index is 1.05. The van der Waals surface area contributed by atoms with Gasteiger partial charge in [-0.2, -0.15) is 0 Å². The van der Waals surface area contributed by atoms with Gasteiger partial charge in [-0.25, -0.2) is 4.98 Å². The molecular weight excluding hydrogens is 222 g/mol. The zero-order chi connectivity index (χ0) is 13.2. The number of aromatic nitrogens is 1. The van der Waals surface area contributed by atoms with E-state index >= 15 is 0 Å². The van der Waals surface area contributed by atoms with E-state index in [9.17, 15) is 0 Å². The van der Waals surface area contributed by atoms with Crippen LogP contribution in [0.15, 0.2) is 24.4 Å². The lowest BCUT2D eigenvalue weighted by molar-refractivity contribution is 0.411. The number of nitrogens with zero attached hydrogens (tertiary/aromatic N) is 3. The van der Waals surface area contributed by atoms with Crippen molar-refractivity contribution in [1.82, 2.24) is 9.88 Å². The molecule has 0 saturated carbocycles. The summed E-state index contributed by atoms with van der Waals surface area (Å²) in [6, 6.07) is 6.15. The number of likely N-dealkylation sites (N-methyl/N-ethyl adjacent to an activating group) is 1. The van der Waals surface area contributed by atoms with Gasteiger partial charge in [-0.15, -0.1) is 0 Å². The van der Waals surface area contributed by atoms with Crippen molar-refractivity contribution in [1.29, 1.82) is 0 Å². The molecule has 0 amide bonds. The van der Waals surface area contributed by atoms with E-state index in [0.29, 0.717) is 0 Å². The van der Waals surface area contributed by atoms with Gasteiger partial charge in [-0.3, -0.25) is 0 Å². The molecule has 0 unspecified atom stereocenters. The molecule has 18 heavy (non-hydrogen) atoms. The summed E-state index contributed by atoms with van der Waals surface area (Å²) in [6.07, 6.45) is 7.09. The van der Waals surface area contributed by atoms with Crippen LogP contribution in [0.4, 0.5) is 5.82 Å². The summed E-state index contributed by atoms with van der Waals surface area (Å²) in [4.78, 5) is 9.09. The van der Waals surface area contributed by atoms with Crippen LogP contribution in [0.3, 0.4) is 0 Å². The fourth-order valence-corrected chi connectivity index (χ4v) is 1.93. The summed E-state index contributed by atoms with van der Waals surface area (Å²) in [5.41, 5.74) is 0. The topological polar surface area (TPSA) is 19.4 Å². The van der Waals surface area contributed by atoms with E-state index in [2.05, 4.69) is 47.9 Å². The lowest BCUT2D eigenvalue weighted by Gasteiger charge is -2.25. The molecule has 0 radical (unpaired) electrons. The fourth-order valence-electron chi connectivity index (χ4n) is 1.93. The number of anilines is 1. The van der Waals surface area contributed by atoms with E-state index in [0.717, 1.165) is 25.5 Å². The van der Waals surface area contributed by atoms with Gasteiger partial charge in [0, 0.05) is 25.8 Å². The highest BCUT2D eigenvalue weighted by atomic mass is 15.2. The highest BCUT2D eigenvalue weighted by Crippen LogP contribution is 2.11. The SMILES string of the molecule is CCCCCCN(CCN(C)C)c1ccccn1. The highest BCUT2D eigenvalue weighted by Gasteiger charge is 2.07. The van der Waals surface area contributed by atoms with Crippen molar-refractivity contribution in [3.8, 4) is 0 Å². The van der Waals surface area contributed by atoms with Gasteiger partial charge in [0.05, 0.1) is 0 Å². The first-order valence-corrected chi connectivity index (χ1v) is 7.04. The molecule has 0 saturated heterocycles. The third kappa shape index (κ3) is 6.01. The Hall–Kier alpha value is -1.09. The second-order valence-corrected chi connectivity index (χ2v) is 5.04. The minimum Gasteiger partial charge on any atom is -0.355 e. The molecule has 0 aliphatic heterocycles. The van der Waals surface area contributed by atoms with Gasteiger partial charge in [-0.1, -0.05) is 32.3 Å². The third-order valence-electron chi connectivity index (χ3n) is 3.07. The van der Waals surface area contributed by atoms with Gasteiger partial charge in [0.15, 0.2) is 0 Å². The van der Waals surface area contributed by atoms with Crippen LogP contribution in [0, 0.1) is 0 Å². The van der Waals surface area contributed by atoms with E-state index < -0.39 is 0 Å². The van der Waals surface area contributed by atoms with E-state index in [1.807, 2.05) is 12.3 Å². The molecule has 0 aromatic carbocycles. The second-order valence-electron chi connectivity index (χ2n) is 5.04. The van der Waals surface area contributed by atoms with E-state index in [4.69, 9.17) is 0 Å². The molecule has 1 aromatic rings. The van der Waals surface area contributed by atoms with Crippen molar-refractivity contribution in [3.05, 3.63) is 24.4 Å². The summed E-state index contributed by atoms with van der Waals surface area (Å²) < 4.78 is 0. The molecule has 0 atom stereocenters. The van der Waals surface area contributed by atoms with Gasteiger partial charge in [0.2, 0.25) is 0 Å². The molecule has 3 heteroatoms. The Bertz CT molecular complexity index is 298. The number of pyridine rings is 1. The van der Waals surface area contributed by atoms with Gasteiger partial charge in [-0.05, 0) is 32.6 Å². The predicted molar refractivity (Wildman–Crippen MR) is 79.1 cm³/mol. The number of hydrogen-bond acceptors (Lipinski definition) is 3. The zero-order valence-electron chi connectivity index (χ0n) is 12.1. The monoisotopic (exact) mass is 249 g/mol. The summed E-state index contributed by atoms with van der Waals surface area (Å²) in [5, 5.41) is 0. The van der Waals surface area contributed by atoms with E-state index in [-0.39, 0.29) is 0 Å². The molecule has 0 aliphatic carbocycles. The van der Waals surface area contributed by atoms with Crippen LogP contribution in [0.2, 0.25) is 0 Å². The van der Waals surface area contributed by atoms with Crippen LogP contribution in [-0.4, -0.2) is 43.6 Å². The molecule has 0 bridgehead atoms. The number of hydrogen-bond donors (Lipinski definition) is 0.